The Labute approximate surface area is 186 Å². The van der Waals surface area contributed by atoms with E-state index in [1.807, 2.05) is 0 Å². The van der Waals surface area contributed by atoms with E-state index in [-0.39, 0.29) is 5.97 Å². The third kappa shape index (κ3) is 23.3. The third-order valence-corrected chi connectivity index (χ3v) is 5.68. The molecule has 0 fully saturated rings. The van der Waals surface area contributed by atoms with Crippen LogP contribution in [0.1, 0.15) is 122 Å². The van der Waals surface area contributed by atoms with E-state index in [1.165, 1.54) is 110 Å². The Morgan fingerprint density at radius 3 is 1.45 bits per heavy atom. The van der Waals surface area contributed by atoms with Gasteiger partial charge in [-0.15, -0.1) is 0 Å². The molecule has 0 atom stereocenters. The Morgan fingerprint density at radius 1 is 0.655 bits per heavy atom. The second kappa shape index (κ2) is 23.4. The molecule has 0 aromatic rings. The van der Waals surface area contributed by atoms with Gasteiger partial charge in [0.15, 0.2) is 5.11 Å². The van der Waals surface area contributed by atoms with Crippen LogP contribution in [0.5, 0.6) is 0 Å². The number of carbonyl (C=O) groups excluding carboxylic acids is 1. The molecule has 5 heteroatoms. The fraction of sp³-hybridized carbons (Fsp3) is 0.917. The van der Waals surface area contributed by atoms with Gasteiger partial charge in [0.25, 0.3) is 0 Å². The van der Waals surface area contributed by atoms with Gasteiger partial charge in [0.1, 0.15) is 0 Å². The lowest BCUT2D eigenvalue weighted by molar-refractivity contribution is -0.140. The van der Waals surface area contributed by atoms with Crippen LogP contribution in [0, 0.1) is 0 Å². The number of ether oxygens (including phenoxy) is 1. The summed E-state index contributed by atoms with van der Waals surface area (Å²) in [7, 11) is 1.42. The lowest BCUT2D eigenvalue weighted by Crippen LogP contribution is -2.36. The Morgan fingerprint density at radius 2 is 1.03 bits per heavy atom. The summed E-state index contributed by atoms with van der Waals surface area (Å²) in [6.45, 7) is 3.92. The highest BCUT2D eigenvalue weighted by Gasteiger charge is 2.00. The van der Waals surface area contributed by atoms with Crippen molar-refractivity contribution in [3.8, 4) is 0 Å². The number of nitrogens with one attached hydrogen (secondary N) is 2. The van der Waals surface area contributed by atoms with E-state index in [1.54, 1.807) is 0 Å². The highest BCUT2D eigenvalue weighted by Crippen LogP contribution is 2.13. The van der Waals surface area contributed by atoms with Crippen molar-refractivity contribution in [3.63, 3.8) is 0 Å². The lowest BCUT2D eigenvalue weighted by atomic mass is 10.0. The van der Waals surface area contributed by atoms with E-state index < -0.39 is 0 Å². The molecule has 2 N–H and O–H groups in total. The molecular formula is C24H48N2O2S. The molecule has 29 heavy (non-hydrogen) atoms. The number of hydrogen-bond donors (Lipinski definition) is 2. The summed E-state index contributed by atoms with van der Waals surface area (Å²) >= 11 is 5.23. The van der Waals surface area contributed by atoms with Crippen LogP contribution in [0.15, 0.2) is 0 Å². The molecule has 0 aromatic heterocycles. The van der Waals surface area contributed by atoms with Gasteiger partial charge in [-0.05, 0) is 25.1 Å². The smallest absolute Gasteiger partial charge is 0.305 e. The summed E-state index contributed by atoms with van der Waals surface area (Å²) in [5.41, 5.74) is 0. The van der Waals surface area contributed by atoms with Crippen LogP contribution in [0.4, 0.5) is 0 Å². The zero-order chi connectivity index (χ0) is 21.4. The molecule has 0 rings (SSSR count). The molecule has 0 unspecified atom stereocenters. The van der Waals surface area contributed by atoms with Crippen molar-refractivity contribution in [2.45, 2.75) is 122 Å². The van der Waals surface area contributed by atoms with Crippen molar-refractivity contribution in [1.29, 1.82) is 0 Å². The summed E-state index contributed by atoms with van der Waals surface area (Å²) in [6.07, 6.45) is 23.4. The maximum Gasteiger partial charge on any atom is 0.305 e. The predicted molar refractivity (Wildman–Crippen MR) is 129 cm³/mol. The Kier molecular flexibility index (Phi) is 22.8. The molecular weight excluding hydrogens is 380 g/mol. The van der Waals surface area contributed by atoms with Crippen molar-refractivity contribution < 1.29 is 9.53 Å². The zero-order valence-electron chi connectivity index (χ0n) is 19.4. The molecule has 0 spiro atoms. The summed E-state index contributed by atoms with van der Waals surface area (Å²) in [5, 5.41) is 7.06. The summed E-state index contributed by atoms with van der Waals surface area (Å²) < 4.78 is 4.61. The molecule has 4 nitrogen and oxygen atoms in total. The Bertz CT molecular complexity index is 378. The number of thiocarbonyl (C=S) groups is 1. The van der Waals surface area contributed by atoms with Gasteiger partial charge < -0.3 is 15.4 Å². The predicted octanol–water partition coefficient (Wildman–Crippen LogP) is 6.67. The molecule has 0 radical (unpaired) electrons. The quantitative estimate of drug-likeness (QED) is 0.121. The maximum absolute atomic E-state index is 11.0. The number of esters is 1. The molecule has 0 amide bonds. The fourth-order valence-corrected chi connectivity index (χ4v) is 3.68. The van der Waals surface area contributed by atoms with E-state index >= 15 is 0 Å². The highest BCUT2D eigenvalue weighted by atomic mass is 32.1. The van der Waals surface area contributed by atoms with E-state index in [9.17, 15) is 4.79 Å². The van der Waals surface area contributed by atoms with Crippen LogP contribution in [-0.2, 0) is 9.53 Å². The van der Waals surface area contributed by atoms with Crippen molar-refractivity contribution in [2.75, 3.05) is 20.2 Å². The molecule has 0 heterocycles. The first kappa shape index (κ1) is 28.2. The fourth-order valence-electron chi connectivity index (χ4n) is 3.47. The van der Waals surface area contributed by atoms with Crippen LogP contribution in [-0.4, -0.2) is 31.3 Å². The van der Waals surface area contributed by atoms with Gasteiger partial charge in [-0.1, -0.05) is 103 Å². The van der Waals surface area contributed by atoms with Crippen molar-refractivity contribution in [1.82, 2.24) is 10.6 Å². The van der Waals surface area contributed by atoms with Gasteiger partial charge in [-0.25, -0.2) is 0 Å². The first-order valence-electron chi connectivity index (χ1n) is 12.3. The van der Waals surface area contributed by atoms with E-state index in [4.69, 9.17) is 12.2 Å². The minimum absolute atomic E-state index is 0.168. The highest BCUT2D eigenvalue weighted by molar-refractivity contribution is 7.80. The Balaban J connectivity index is 3.14. The summed E-state index contributed by atoms with van der Waals surface area (Å²) in [4.78, 5) is 11.0. The van der Waals surface area contributed by atoms with E-state index in [0.717, 1.165) is 13.0 Å². The zero-order valence-corrected chi connectivity index (χ0v) is 20.2. The number of rotatable bonds is 21. The monoisotopic (exact) mass is 428 g/mol. The van der Waals surface area contributed by atoms with Crippen molar-refractivity contribution in [2.24, 2.45) is 0 Å². The van der Waals surface area contributed by atoms with E-state index in [2.05, 4.69) is 22.3 Å². The number of carbonyl (C=O) groups is 1. The SMILES string of the molecule is CCCCCCCCCCCCCCCCCCNC(=S)NCCCC(=O)OC. The normalized spacial score (nSPS) is 10.7. The van der Waals surface area contributed by atoms with Gasteiger partial charge in [0, 0.05) is 19.5 Å². The molecule has 0 aliphatic rings. The third-order valence-electron chi connectivity index (χ3n) is 5.39. The standard InChI is InChI=1S/C24H48N2O2S/c1-3-4-5-6-7-8-9-10-11-12-13-14-15-16-17-18-21-25-24(29)26-22-19-20-23(27)28-2/h3-22H2,1-2H3,(H2,25,26,29). The second-order valence-corrected chi connectivity index (χ2v) is 8.57. The average molecular weight is 429 g/mol. The van der Waals surface area contributed by atoms with Crippen LogP contribution < -0.4 is 10.6 Å². The second-order valence-electron chi connectivity index (χ2n) is 8.17. The first-order chi connectivity index (χ1) is 14.2. The molecule has 0 saturated heterocycles. The largest absolute Gasteiger partial charge is 0.469 e. The Hall–Kier alpha value is -0.840. The van der Waals surface area contributed by atoms with Crippen LogP contribution >= 0.6 is 12.2 Å². The molecule has 0 aliphatic carbocycles. The lowest BCUT2D eigenvalue weighted by Gasteiger charge is -2.10. The molecule has 0 aliphatic heterocycles. The van der Waals surface area contributed by atoms with Gasteiger partial charge in [0.05, 0.1) is 7.11 Å². The maximum atomic E-state index is 11.0. The van der Waals surface area contributed by atoms with Crippen LogP contribution in [0.3, 0.4) is 0 Å². The summed E-state index contributed by atoms with van der Waals surface area (Å²) in [6, 6.07) is 0. The topological polar surface area (TPSA) is 50.4 Å². The van der Waals surface area contributed by atoms with Gasteiger partial charge >= 0.3 is 5.97 Å². The molecule has 0 saturated carbocycles. The molecule has 172 valence electrons. The molecule has 0 aromatic carbocycles. The van der Waals surface area contributed by atoms with Crippen molar-refractivity contribution in [3.05, 3.63) is 0 Å². The molecule has 0 bridgehead atoms. The number of unbranched alkanes of at least 4 members (excludes halogenated alkanes) is 15. The first-order valence-corrected chi connectivity index (χ1v) is 12.7. The van der Waals surface area contributed by atoms with Crippen molar-refractivity contribution >= 4 is 23.3 Å². The van der Waals surface area contributed by atoms with E-state index in [0.29, 0.717) is 18.1 Å². The minimum atomic E-state index is -0.168. The average Bonchev–Trinajstić information content (AvgIpc) is 2.73. The van der Waals surface area contributed by atoms with Gasteiger partial charge in [-0.2, -0.15) is 0 Å². The summed E-state index contributed by atoms with van der Waals surface area (Å²) in [5.74, 6) is -0.168. The number of hydrogen-bond acceptors (Lipinski definition) is 3. The minimum Gasteiger partial charge on any atom is -0.469 e. The number of methoxy groups -OCH3 is 1. The van der Waals surface area contributed by atoms with Gasteiger partial charge in [-0.3, -0.25) is 4.79 Å². The van der Waals surface area contributed by atoms with Gasteiger partial charge in [0.2, 0.25) is 0 Å². The van der Waals surface area contributed by atoms with Crippen LogP contribution in [0.2, 0.25) is 0 Å². The van der Waals surface area contributed by atoms with Crippen LogP contribution in [0.25, 0.3) is 0 Å².